The SMILES string of the molecule is O=COc1cccc2ncccc12. The zero-order valence-corrected chi connectivity index (χ0v) is 6.81. The molecule has 0 radical (unpaired) electrons. The van der Waals surface area contributed by atoms with Crippen molar-refractivity contribution in [1.82, 2.24) is 4.98 Å². The summed E-state index contributed by atoms with van der Waals surface area (Å²) in [5.74, 6) is 0.542. The molecule has 0 unspecified atom stereocenters. The van der Waals surface area contributed by atoms with Crippen LogP contribution in [0.3, 0.4) is 0 Å². The number of benzene rings is 1. The summed E-state index contributed by atoms with van der Waals surface area (Å²) in [5, 5.41) is 0.845. The van der Waals surface area contributed by atoms with Gasteiger partial charge in [-0.15, -0.1) is 0 Å². The molecule has 0 bridgehead atoms. The first-order valence-corrected chi connectivity index (χ1v) is 3.86. The first-order chi connectivity index (χ1) is 6.42. The number of nitrogens with zero attached hydrogens (tertiary/aromatic N) is 1. The zero-order chi connectivity index (χ0) is 9.10. The summed E-state index contributed by atoms with van der Waals surface area (Å²) < 4.78 is 4.80. The van der Waals surface area contributed by atoms with Gasteiger partial charge in [-0.05, 0) is 24.3 Å². The normalized spacial score (nSPS) is 9.85. The molecule has 0 amide bonds. The number of carbonyl (C=O) groups is 1. The van der Waals surface area contributed by atoms with Gasteiger partial charge in [-0.1, -0.05) is 6.07 Å². The smallest absolute Gasteiger partial charge is 0.298 e. The van der Waals surface area contributed by atoms with E-state index in [1.54, 1.807) is 24.4 Å². The Morgan fingerprint density at radius 1 is 1.23 bits per heavy atom. The molecule has 13 heavy (non-hydrogen) atoms. The third kappa shape index (κ3) is 1.36. The quantitative estimate of drug-likeness (QED) is 0.649. The van der Waals surface area contributed by atoms with Crippen LogP contribution in [0.5, 0.6) is 5.75 Å². The van der Waals surface area contributed by atoms with Gasteiger partial charge >= 0.3 is 0 Å². The van der Waals surface area contributed by atoms with Gasteiger partial charge in [-0.25, -0.2) is 0 Å². The first-order valence-electron chi connectivity index (χ1n) is 3.86. The monoisotopic (exact) mass is 173 g/mol. The van der Waals surface area contributed by atoms with E-state index >= 15 is 0 Å². The van der Waals surface area contributed by atoms with Crippen molar-refractivity contribution in [3.05, 3.63) is 36.5 Å². The molecule has 3 nitrogen and oxygen atoms in total. The molecule has 1 heterocycles. The number of carbonyl (C=O) groups excluding carboxylic acids is 1. The molecule has 0 atom stereocenters. The topological polar surface area (TPSA) is 39.2 Å². The van der Waals surface area contributed by atoms with Crippen LogP contribution in [0.4, 0.5) is 0 Å². The van der Waals surface area contributed by atoms with Crippen LogP contribution in [-0.2, 0) is 4.79 Å². The summed E-state index contributed by atoms with van der Waals surface area (Å²) in [7, 11) is 0. The lowest BCUT2D eigenvalue weighted by Gasteiger charge is -2.01. The van der Waals surface area contributed by atoms with Gasteiger partial charge in [0, 0.05) is 11.6 Å². The fraction of sp³-hybridized carbons (Fsp3) is 0. The van der Waals surface area contributed by atoms with Crippen molar-refractivity contribution in [2.45, 2.75) is 0 Å². The maximum Gasteiger partial charge on any atom is 0.298 e. The van der Waals surface area contributed by atoms with Crippen molar-refractivity contribution < 1.29 is 9.53 Å². The third-order valence-electron chi connectivity index (χ3n) is 1.78. The summed E-state index contributed by atoms with van der Waals surface area (Å²) >= 11 is 0. The molecule has 1 aromatic heterocycles. The Labute approximate surface area is 75.0 Å². The molecule has 0 aliphatic carbocycles. The molecule has 64 valence electrons. The Balaban J connectivity index is 2.68. The number of hydrogen-bond donors (Lipinski definition) is 0. The number of pyridine rings is 1. The van der Waals surface area contributed by atoms with Gasteiger partial charge in [0.1, 0.15) is 5.75 Å². The van der Waals surface area contributed by atoms with Gasteiger partial charge in [0.25, 0.3) is 6.47 Å². The second-order valence-corrected chi connectivity index (χ2v) is 2.54. The van der Waals surface area contributed by atoms with E-state index in [4.69, 9.17) is 4.74 Å². The van der Waals surface area contributed by atoms with Gasteiger partial charge in [0.15, 0.2) is 0 Å². The number of hydrogen-bond acceptors (Lipinski definition) is 3. The Hall–Kier alpha value is -1.90. The minimum Gasteiger partial charge on any atom is -0.428 e. The maximum atomic E-state index is 10.2. The van der Waals surface area contributed by atoms with Crippen molar-refractivity contribution >= 4 is 17.4 Å². The van der Waals surface area contributed by atoms with E-state index in [1.807, 2.05) is 12.1 Å². The summed E-state index contributed by atoms with van der Waals surface area (Å²) in [6, 6.07) is 9.07. The predicted octanol–water partition coefficient (Wildman–Crippen LogP) is 1.77. The van der Waals surface area contributed by atoms with Crippen LogP contribution >= 0.6 is 0 Å². The average molecular weight is 173 g/mol. The fourth-order valence-corrected chi connectivity index (χ4v) is 1.23. The van der Waals surface area contributed by atoms with Crippen LogP contribution < -0.4 is 4.74 Å². The molecule has 0 saturated heterocycles. The van der Waals surface area contributed by atoms with E-state index in [-0.39, 0.29) is 0 Å². The number of fused-ring (bicyclic) bond motifs is 1. The van der Waals surface area contributed by atoms with Crippen LogP contribution in [0.15, 0.2) is 36.5 Å². The van der Waals surface area contributed by atoms with Crippen LogP contribution in [0.25, 0.3) is 10.9 Å². The molecule has 0 saturated carbocycles. The third-order valence-corrected chi connectivity index (χ3v) is 1.78. The number of aromatic nitrogens is 1. The minimum absolute atomic E-state index is 0.418. The molecule has 0 aliphatic heterocycles. The standard InChI is InChI=1S/C10H7NO2/c12-7-13-10-5-1-4-9-8(10)3-2-6-11-9/h1-7H. The van der Waals surface area contributed by atoms with Crippen LogP contribution in [0.1, 0.15) is 0 Å². The fourth-order valence-electron chi connectivity index (χ4n) is 1.23. The van der Waals surface area contributed by atoms with Gasteiger partial charge in [-0.2, -0.15) is 0 Å². The highest BCUT2D eigenvalue weighted by Crippen LogP contribution is 2.22. The molecule has 0 spiro atoms. The Morgan fingerprint density at radius 2 is 2.15 bits per heavy atom. The lowest BCUT2D eigenvalue weighted by Crippen LogP contribution is -1.89. The summed E-state index contributed by atoms with van der Waals surface area (Å²) in [6.45, 7) is 0.418. The van der Waals surface area contributed by atoms with E-state index in [9.17, 15) is 4.79 Å². The zero-order valence-electron chi connectivity index (χ0n) is 6.81. The van der Waals surface area contributed by atoms with Crippen LogP contribution in [0, 0.1) is 0 Å². The lowest BCUT2D eigenvalue weighted by molar-refractivity contribution is -0.120. The van der Waals surface area contributed by atoms with Crippen molar-refractivity contribution in [3.8, 4) is 5.75 Å². The van der Waals surface area contributed by atoms with Gasteiger partial charge < -0.3 is 4.74 Å². The Morgan fingerprint density at radius 3 is 3.00 bits per heavy atom. The van der Waals surface area contributed by atoms with E-state index in [2.05, 4.69) is 4.98 Å². The van der Waals surface area contributed by atoms with Crippen LogP contribution in [0.2, 0.25) is 0 Å². The highest BCUT2D eigenvalue weighted by atomic mass is 16.5. The molecule has 2 aromatic rings. The van der Waals surface area contributed by atoms with Gasteiger partial charge in [-0.3, -0.25) is 9.78 Å². The average Bonchev–Trinajstić information content (AvgIpc) is 2.19. The molecule has 2 rings (SSSR count). The lowest BCUT2D eigenvalue weighted by atomic mass is 10.2. The summed E-state index contributed by atoms with van der Waals surface area (Å²) in [5.41, 5.74) is 0.821. The van der Waals surface area contributed by atoms with Gasteiger partial charge in [0.2, 0.25) is 0 Å². The van der Waals surface area contributed by atoms with E-state index in [0.29, 0.717) is 12.2 Å². The number of ether oxygens (including phenoxy) is 1. The van der Waals surface area contributed by atoms with Gasteiger partial charge in [0.05, 0.1) is 5.52 Å². The molecule has 0 fully saturated rings. The largest absolute Gasteiger partial charge is 0.428 e. The Bertz CT molecular complexity index is 434. The summed E-state index contributed by atoms with van der Waals surface area (Å²) in [4.78, 5) is 14.3. The van der Waals surface area contributed by atoms with Crippen molar-refractivity contribution in [3.63, 3.8) is 0 Å². The molecular weight excluding hydrogens is 166 g/mol. The van der Waals surface area contributed by atoms with Crippen LogP contribution in [-0.4, -0.2) is 11.5 Å². The molecule has 3 heteroatoms. The van der Waals surface area contributed by atoms with Crippen molar-refractivity contribution in [2.24, 2.45) is 0 Å². The molecule has 0 N–H and O–H groups in total. The van der Waals surface area contributed by atoms with E-state index in [0.717, 1.165) is 10.9 Å². The van der Waals surface area contributed by atoms with Crippen molar-refractivity contribution in [1.29, 1.82) is 0 Å². The van der Waals surface area contributed by atoms with Crippen molar-refractivity contribution in [2.75, 3.05) is 0 Å². The first kappa shape index (κ1) is 7.73. The second-order valence-electron chi connectivity index (χ2n) is 2.54. The Kier molecular flexibility index (Phi) is 1.92. The highest BCUT2D eigenvalue weighted by molar-refractivity contribution is 5.85. The predicted molar refractivity (Wildman–Crippen MR) is 48.4 cm³/mol. The highest BCUT2D eigenvalue weighted by Gasteiger charge is 2.00. The van der Waals surface area contributed by atoms with E-state index < -0.39 is 0 Å². The molecule has 1 aromatic carbocycles. The number of rotatable bonds is 2. The summed E-state index contributed by atoms with van der Waals surface area (Å²) in [6.07, 6.45) is 1.70. The molecule has 0 aliphatic rings. The second kappa shape index (κ2) is 3.23. The minimum atomic E-state index is 0.418. The molecular formula is C10H7NO2. The van der Waals surface area contributed by atoms with E-state index in [1.165, 1.54) is 0 Å². The maximum absolute atomic E-state index is 10.2.